The number of ketones is 1. The minimum absolute atomic E-state index is 0.0664. The van der Waals surface area contributed by atoms with E-state index in [2.05, 4.69) is 5.32 Å². The second-order valence-electron chi connectivity index (χ2n) is 8.03. The Morgan fingerprint density at radius 1 is 1.06 bits per heavy atom. The molecule has 0 amide bonds. The van der Waals surface area contributed by atoms with Gasteiger partial charge in [-0.15, -0.1) is 0 Å². The molecule has 0 radical (unpaired) electrons. The Balaban J connectivity index is 1.66. The summed E-state index contributed by atoms with van der Waals surface area (Å²) in [5.41, 5.74) is 3.48. The Hall–Kier alpha value is -2.71. The zero-order valence-electron chi connectivity index (χ0n) is 18.8. The fourth-order valence-corrected chi connectivity index (χ4v) is 5.22. The molecular weight excluding hydrogens is 428 g/mol. The van der Waals surface area contributed by atoms with Crippen LogP contribution in [0.15, 0.2) is 47.4 Å². The maximum absolute atomic E-state index is 13.1. The van der Waals surface area contributed by atoms with E-state index in [0.29, 0.717) is 25.0 Å². The van der Waals surface area contributed by atoms with Crippen LogP contribution in [0.4, 0.5) is 5.69 Å². The molecule has 0 aromatic heterocycles. The molecule has 0 unspecified atom stereocenters. The summed E-state index contributed by atoms with van der Waals surface area (Å²) in [6.45, 7) is 6.66. The standard InChI is InChI=1S/C24H30N2O5S/c1-4-31-24(28)19-10-12-26(13-11-19)32(29,30)22-7-5-6-20(15-22)23(27)16-25-21-9-8-17(2)18(3)14-21/h5-9,14-15,19,25H,4,10-13,16H2,1-3H3. The summed E-state index contributed by atoms with van der Waals surface area (Å²) in [6.07, 6.45) is 0.854. The van der Waals surface area contributed by atoms with Gasteiger partial charge in [0.2, 0.25) is 10.0 Å². The molecular formula is C24H30N2O5S. The Bertz CT molecular complexity index is 1090. The van der Waals surface area contributed by atoms with Crippen molar-refractivity contribution in [2.75, 3.05) is 31.6 Å². The first-order valence-electron chi connectivity index (χ1n) is 10.8. The van der Waals surface area contributed by atoms with Crippen molar-refractivity contribution >= 4 is 27.5 Å². The van der Waals surface area contributed by atoms with E-state index in [1.807, 2.05) is 32.0 Å². The predicted octanol–water partition coefficient (Wildman–Crippen LogP) is 3.56. The van der Waals surface area contributed by atoms with E-state index >= 15 is 0 Å². The summed E-state index contributed by atoms with van der Waals surface area (Å²) in [4.78, 5) is 24.7. The van der Waals surface area contributed by atoms with Gasteiger partial charge in [0.05, 0.1) is 24.0 Å². The van der Waals surface area contributed by atoms with Gasteiger partial charge in [0.15, 0.2) is 5.78 Å². The highest BCUT2D eigenvalue weighted by Gasteiger charge is 2.33. The second-order valence-corrected chi connectivity index (χ2v) is 9.97. The summed E-state index contributed by atoms with van der Waals surface area (Å²) in [7, 11) is -3.75. The number of rotatable bonds is 8. The van der Waals surface area contributed by atoms with Crippen molar-refractivity contribution < 1.29 is 22.7 Å². The lowest BCUT2D eigenvalue weighted by Gasteiger charge is -2.30. The smallest absolute Gasteiger partial charge is 0.309 e. The Morgan fingerprint density at radius 3 is 2.44 bits per heavy atom. The summed E-state index contributed by atoms with van der Waals surface area (Å²) in [5.74, 6) is -0.736. The number of hydrogen-bond donors (Lipinski definition) is 1. The third-order valence-corrected chi connectivity index (χ3v) is 7.72. The van der Waals surface area contributed by atoms with Crippen molar-refractivity contribution in [2.45, 2.75) is 38.5 Å². The molecule has 8 heteroatoms. The molecule has 2 aromatic rings. The zero-order valence-corrected chi connectivity index (χ0v) is 19.6. The highest BCUT2D eigenvalue weighted by molar-refractivity contribution is 7.89. The minimum Gasteiger partial charge on any atom is -0.466 e. The number of Topliss-reactive ketones (excluding diaryl/α,β-unsaturated/α-hetero) is 1. The molecule has 1 N–H and O–H groups in total. The molecule has 1 heterocycles. The lowest BCUT2D eigenvalue weighted by atomic mass is 9.98. The number of sulfonamides is 1. The predicted molar refractivity (Wildman–Crippen MR) is 123 cm³/mol. The van der Waals surface area contributed by atoms with Crippen LogP contribution in [0.1, 0.15) is 41.3 Å². The van der Waals surface area contributed by atoms with Crippen LogP contribution in [0.5, 0.6) is 0 Å². The molecule has 1 aliphatic heterocycles. The zero-order chi connectivity index (χ0) is 23.3. The number of benzene rings is 2. The number of piperidine rings is 1. The van der Waals surface area contributed by atoms with Gasteiger partial charge in [-0.3, -0.25) is 9.59 Å². The van der Waals surface area contributed by atoms with E-state index in [0.717, 1.165) is 11.3 Å². The normalized spacial score (nSPS) is 15.3. The quantitative estimate of drug-likeness (QED) is 0.480. The lowest BCUT2D eigenvalue weighted by Crippen LogP contribution is -2.40. The summed E-state index contributed by atoms with van der Waals surface area (Å²) in [5, 5.41) is 3.11. The first-order valence-corrected chi connectivity index (χ1v) is 12.3. The SMILES string of the molecule is CCOC(=O)C1CCN(S(=O)(=O)c2cccc(C(=O)CNc3ccc(C)c(C)c3)c2)CC1. The number of nitrogens with zero attached hydrogens (tertiary/aromatic N) is 1. The van der Waals surface area contributed by atoms with Crippen LogP contribution in [0.3, 0.4) is 0 Å². The van der Waals surface area contributed by atoms with E-state index in [1.165, 1.54) is 22.0 Å². The molecule has 0 spiro atoms. The van der Waals surface area contributed by atoms with Gasteiger partial charge in [0.25, 0.3) is 0 Å². The first kappa shape index (κ1) is 23.9. The van der Waals surface area contributed by atoms with E-state index in [-0.39, 0.29) is 42.2 Å². The van der Waals surface area contributed by atoms with Crippen molar-refractivity contribution in [3.63, 3.8) is 0 Å². The number of hydrogen-bond acceptors (Lipinski definition) is 6. The van der Waals surface area contributed by atoms with Gasteiger partial charge in [-0.1, -0.05) is 18.2 Å². The van der Waals surface area contributed by atoms with Gasteiger partial charge in [0.1, 0.15) is 0 Å². The van der Waals surface area contributed by atoms with Gasteiger partial charge in [0, 0.05) is 24.3 Å². The molecule has 1 aliphatic rings. The maximum Gasteiger partial charge on any atom is 0.309 e. The van der Waals surface area contributed by atoms with Gasteiger partial charge >= 0.3 is 5.97 Å². The van der Waals surface area contributed by atoms with Crippen molar-refractivity contribution in [3.05, 3.63) is 59.2 Å². The van der Waals surface area contributed by atoms with Gasteiger partial charge in [-0.2, -0.15) is 4.31 Å². The van der Waals surface area contributed by atoms with E-state index in [1.54, 1.807) is 19.1 Å². The Labute approximate surface area is 189 Å². The fraction of sp³-hybridized carbons (Fsp3) is 0.417. The molecule has 172 valence electrons. The Kier molecular flexibility index (Phi) is 7.69. The third-order valence-electron chi connectivity index (χ3n) is 5.83. The minimum atomic E-state index is -3.75. The molecule has 0 atom stereocenters. The molecule has 3 rings (SSSR count). The number of anilines is 1. The van der Waals surface area contributed by atoms with Crippen LogP contribution >= 0.6 is 0 Å². The van der Waals surface area contributed by atoms with Gasteiger partial charge in [-0.05, 0) is 69.0 Å². The Morgan fingerprint density at radius 2 is 1.78 bits per heavy atom. The van der Waals surface area contributed by atoms with Crippen LogP contribution in [-0.2, 0) is 19.6 Å². The molecule has 0 saturated carbocycles. The highest BCUT2D eigenvalue weighted by atomic mass is 32.2. The number of ether oxygens (including phenoxy) is 1. The largest absolute Gasteiger partial charge is 0.466 e. The van der Waals surface area contributed by atoms with Crippen LogP contribution in [0.2, 0.25) is 0 Å². The van der Waals surface area contributed by atoms with E-state index < -0.39 is 10.0 Å². The lowest BCUT2D eigenvalue weighted by molar-refractivity contribution is -0.149. The van der Waals surface area contributed by atoms with E-state index in [4.69, 9.17) is 4.74 Å². The summed E-state index contributed by atoms with van der Waals surface area (Å²) in [6, 6.07) is 12.0. The van der Waals surface area contributed by atoms with Crippen molar-refractivity contribution in [1.82, 2.24) is 4.31 Å². The molecule has 1 saturated heterocycles. The average Bonchev–Trinajstić information content (AvgIpc) is 2.80. The molecule has 0 bridgehead atoms. The van der Waals surface area contributed by atoms with Crippen LogP contribution in [0, 0.1) is 19.8 Å². The van der Waals surface area contributed by atoms with Crippen LogP contribution in [0.25, 0.3) is 0 Å². The summed E-state index contributed by atoms with van der Waals surface area (Å²) >= 11 is 0. The van der Waals surface area contributed by atoms with Crippen LogP contribution < -0.4 is 5.32 Å². The number of carbonyl (C=O) groups is 2. The summed E-state index contributed by atoms with van der Waals surface area (Å²) < 4.78 is 32.6. The maximum atomic E-state index is 13.1. The first-order chi connectivity index (χ1) is 15.2. The number of carbonyl (C=O) groups excluding carboxylic acids is 2. The molecule has 0 aliphatic carbocycles. The van der Waals surface area contributed by atoms with Crippen LogP contribution in [-0.4, -0.2) is 50.7 Å². The molecule has 7 nitrogen and oxygen atoms in total. The van der Waals surface area contributed by atoms with Crippen molar-refractivity contribution in [1.29, 1.82) is 0 Å². The third kappa shape index (κ3) is 5.55. The highest BCUT2D eigenvalue weighted by Crippen LogP contribution is 2.25. The second kappa shape index (κ2) is 10.3. The van der Waals surface area contributed by atoms with Crippen molar-refractivity contribution in [3.8, 4) is 0 Å². The van der Waals surface area contributed by atoms with Crippen molar-refractivity contribution in [2.24, 2.45) is 5.92 Å². The van der Waals surface area contributed by atoms with Gasteiger partial charge in [-0.25, -0.2) is 8.42 Å². The topological polar surface area (TPSA) is 92.8 Å². The molecule has 32 heavy (non-hydrogen) atoms. The number of aryl methyl sites for hydroxylation is 2. The molecule has 1 fully saturated rings. The number of esters is 1. The fourth-order valence-electron chi connectivity index (χ4n) is 3.71. The average molecular weight is 459 g/mol. The van der Waals surface area contributed by atoms with E-state index in [9.17, 15) is 18.0 Å². The molecule has 2 aromatic carbocycles. The number of nitrogens with one attached hydrogen (secondary N) is 1. The monoisotopic (exact) mass is 458 g/mol. The van der Waals surface area contributed by atoms with Gasteiger partial charge < -0.3 is 10.1 Å².